The summed E-state index contributed by atoms with van der Waals surface area (Å²) in [5.74, 6) is 0.435. The highest BCUT2D eigenvalue weighted by atomic mass is 16.5. The smallest absolute Gasteiger partial charge is 0.234 e. The minimum absolute atomic E-state index is 0.0255. The summed E-state index contributed by atoms with van der Waals surface area (Å²) >= 11 is 0. The van der Waals surface area contributed by atoms with Crippen LogP contribution in [0.4, 0.5) is 0 Å². The predicted molar refractivity (Wildman–Crippen MR) is 90.6 cm³/mol. The zero-order valence-corrected chi connectivity index (χ0v) is 13.9. The monoisotopic (exact) mass is 331 g/mol. The van der Waals surface area contributed by atoms with Crippen LogP contribution < -0.4 is 15.8 Å². The summed E-state index contributed by atoms with van der Waals surface area (Å²) < 4.78 is 5.82. The minimum atomic E-state index is -0.385. The van der Waals surface area contributed by atoms with Gasteiger partial charge < -0.3 is 15.8 Å². The molecule has 1 aromatic rings. The molecular formula is C18H25N3O3. The molecule has 3 N–H and O–H groups in total. The number of amides is 2. The summed E-state index contributed by atoms with van der Waals surface area (Å²) in [7, 11) is 0. The number of fused-ring (bicyclic) bond motifs is 1. The Labute approximate surface area is 142 Å². The zero-order chi connectivity index (χ0) is 16.9. The minimum Gasteiger partial charge on any atom is -0.488 e. The number of ether oxygens (including phenoxy) is 1. The molecule has 1 saturated carbocycles. The normalized spacial score (nSPS) is 20.0. The van der Waals surface area contributed by atoms with Crippen LogP contribution in [0.3, 0.4) is 0 Å². The third-order valence-electron chi connectivity index (χ3n) is 4.79. The van der Waals surface area contributed by atoms with E-state index in [0.29, 0.717) is 6.54 Å². The lowest BCUT2D eigenvalue weighted by molar-refractivity contribution is -0.125. The number of nitrogens with zero attached hydrogens (tertiary/aromatic N) is 1. The Morgan fingerprint density at radius 2 is 1.96 bits per heavy atom. The van der Waals surface area contributed by atoms with Crippen molar-refractivity contribution in [2.75, 3.05) is 19.6 Å². The molecule has 6 nitrogen and oxygen atoms in total. The molecule has 2 aliphatic rings. The van der Waals surface area contributed by atoms with E-state index < -0.39 is 0 Å². The fourth-order valence-corrected chi connectivity index (χ4v) is 3.62. The first-order chi connectivity index (χ1) is 11.6. The van der Waals surface area contributed by atoms with E-state index in [4.69, 9.17) is 10.5 Å². The van der Waals surface area contributed by atoms with Gasteiger partial charge in [0, 0.05) is 12.5 Å². The molecule has 1 fully saturated rings. The second-order valence-corrected chi connectivity index (χ2v) is 6.67. The first-order valence-electron chi connectivity index (χ1n) is 8.65. The number of carbonyl (C=O) groups excluding carboxylic acids is 2. The molecule has 3 rings (SSSR count). The van der Waals surface area contributed by atoms with Crippen molar-refractivity contribution in [1.82, 2.24) is 10.2 Å². The van der Waals surface area contributed by atoms with Gasteiger partial charge in [-0.3, -0.25) is 14.5 Å². The highest BCUT2D eigenvalue weighted by Gasteiger charge is 2.27. The van der Waals surface area contributed by atoms with Crippen LogP contribution in [0.5, 0.6) is 5.75 Å². The number of rotatable bonds is 7. The van der Waals surface area contributed by atoms with Gasteiger partial charge in [-0.05, 0) is 24.5 Å². The van der Waals surface area contributed by atoms with E-state index in [1.165, 1.54) is 5.56 Å². The topological polar surface area (TPSA) is 84.7 Å². The summed E-state index contributed by atoms with van der Waals surface area (Å²) in [6, 6.07) is 8.23. The third kappa shape index (κ3) is 4.26. The molecule has 1 atom stereocenters. The Morgan fingerprint density at radius 1 is 1.21 bits per heavy atom. The van der Waals surface area contributed by atoms with Crippen molar-refractivity contribution in [2.24, 2.45) is 5.73 Å². The van der Waals surface area contributed by atoms with E-state index in [1.807, 2.05) is 29.2 Å². The maximum atomic E-state index is 12.3. The number of hydrogen-bond acceptors (Lipinski definition) is 4. The summed E-state index contributed by atoms with van der Waals surface area (Å²) in [6.45, 7) is 0.833. The Kier molecular flexibility index (Phi) is 5.35. The lowest BCUT2D eigenvalue weighted by Crippen LogP contribution is -2.47. The van der Waals surface area contributed by atoms with Crippen LogP contribution in [0, 0.1) is 0 Å². The second kappa shape index (κ2) is 7.66. The highest BCUT2D eigenvalue weighted by Crippen LogP contribution is 2.27. The Balaban J connectivity index is 1.47. The molecule has 1 aromatic carbocycles. The predicted octanol–water partition coefficient (Wildman–Crippen LogP) is 0.836. The van der Waals surface area contributed by atoms with Crippen molar-refractivity contribution in [3.05, 3.63) is 29.8 Å². The van der Waals surface area contributed by atoms with Gasteiger partial charge in [0.15, 0.2) is 0 Å². The molecule has 1 aliphatic heterocycles. The average Bonchev–Trinajstić information content (AvgIpc) is 3.21. The van der Waals surface area contributed by atoms with E-state index in [2.05, 4.69) is 5.32 Å². The summed E-state index contributed by atoms with van der Waals surface area (Å²) in [5, 5.41) is 2.93. The molecule has 0 aromatic heterocycles. The number of para-hydroxylation sites is 1. The maximum Gasteiger partial charge on any atom is 0.234 e. The molecule has 6 heteroatoms. The molecule has 0 spiro atoms. The van der Waals surface area contributed by atoms with Gasteiger partial charge in [-0.1, -0.05) is 31.0 Å². The van der Waals surface area contributed by atoms with Crippen LogP contribution in [-0.4, -0.2) is 48.5 Å². The standard InChI is InChI=1S/C18H25N3O3/c19-17(22)11-21(14-6-2-3-7-14)12-18(23)20-10-15-9-13-5-1-4-8-16(13)24-15/h1,4-5,8,14-15H,2-3,6-7,9-12H2,(H2,19,22)(H,20,23)/t15-/m0/s1. The molecule has 1 aliphatic carbocycles. The molecule has 24 heavy (non-hydrogen) atoms. The summed E-state index contributed by atoms with van der Waals surface area (Å²) in [4.78, 5) is 25.4. The van der Waals surface area contributed by atoms with Gasteiger partial charge in [0.2, 0.25) is 11.8 Å². The zero-order valence-electron chi connectivity index (χ0n) is 13.9. The van der Waals surface area contributed by atoms with Crippen molar-refractivity contribution < 1.29 is 14.3 Å². The second-order valence-electron chi connectivity index (χ2n) is 6.67. The van der Waals surface area contributed by atoms with Crippen molar-refractivity contribution in [3.63, 3.8) is 0 Å². The van der Waals surface area contributed by atoms with Gasteiger partial charge in [0.25, 0.3) is 0 Å². The van der Waals surface area contributed by atoms with Gasteiger partial charge in [-0.25, -0.2) is 0 Å². The number of carbonyl (C=O) groups is 2. The number of primary amides is 1. The third-order valence-corrected chi connectivity index (χ3v) is 4.79. The van der Waals surface area contributed by atoms with Crippen LogP contribution in [-0.2, 0) is 16.0 Å². The molecule has 0 bridgehead atoms. The van der Waals surface area contributed by atoms with Crippen LogP contribution in [0.15, 0.2) is 24.3 Å². The fraction of sp³-hybridized carbons (Fsp3) is 0.556. The van der Waals surface area contributed by atoms with Crippen molar-refractivity contribution in [3.8, 4) is 5.75 Å². The van der Waals surface area contributed by atoms with E-state index >= 15 is 0 Å². The molecule has 0 radical (unpaired) electrons. The van der Waals surface area contributed by atoms with Crippen molar-refractivity contribution in [1.29, 1.82) is 0 Å². The van der Waals surface area contributed by atoms with Crippen molar-refractivity contribution in [2.45, 2.75) is 44.2 Å². The van der Waals surface area contributed by atoms with E-state index in [-0.39, 0.29) is 37.0 Å². The lowest BCUT2D eigenvalue weighted by atomic mass is 10.1. The molecule has 2 amide bonds. The number of benzene rings is 1. The van der Waals surface area contributed by atoms with Crippen molar-refractivity contribution >= 4 is 11.8 Å². The molecule has 0 saturated heterocycles. The lowest BCUT2D eigenvalue weighted by Gasteiger charge is -2.27. The van der Waals surface area contributed by atoms with Gasteiger partial charge in [0.05, 0.1) is 19.6 Å². The number of hydrogen-bond donors (Lipinski definition) is 2. The van der Waals surface area contributed by atoms with Gasteiger partial charge in [0.1, 0.15) is 11.9 Å². The first kappa shape index (κ1) is 16.8. The number of nitrogens with two attached hydrogens (primary N) is 1. The quantitative estimate of drug-likeness (QED) is 0.775. The van der Waals surface area contributed by atoms with E-state index in [0.717, 1.165) is 37.9 Å². The molecule has 130 valence electrons. The number of nitrogens with one attached hydrogen (secondary N) is 1. The fourth-order valence-electron chi connectivity index (χ4n) is 3.62. The van der Waals surface area contributed by atoms with Crippen LogP contribution in [0.1, 0.15) is 31.2 Å². The first-order valence-corrected chi connectivity index (χ1v) is 8.65. The highest BCUT2D eigenvalue weighted by molar-refractivity contribution is 5.80. The van der Waals surface area contributed by atoms with Crippen LogP contribution >= 0.6 is 0 Å². The Morgan fingerprint density at radius 3 is 2.67 bits per heavy atom. The molecule has 0 unspecified atom stereocenters. The summed E-state index contributed by atoms with van der Waals surface area (Å²) in [6.07, 6.45) is 5.14. The summed E-state index contributed by atoms with van der Waals surface area (Å²) in [5.41, 5.74) is 6.51. The molecule has 1 heterocycles. The van der Waals surface area contributed by atoms with Crippen LogP contribution in [0.25, 0.3) is 0 Å². The van der Waals surface area contributed by atoms with Crippen LogP contribution in [0.2, 0.25) is 0 Å². The maximum absolute atomic E-state index is 12.3. The van der Waals surface area contributed by atoms with E-state index in [1.54, 1.807) is 0 Å². The SMILES string of the molecule is NC(=O)CN(CC(=O)NC[C@@H]1Cc2ccccc2O1)C1CCCC1. The largest absolute Gasteiger partial charge is 0.488 e. The van der Waals surface area contributed by atoms with Gasteiger partial charge in [-0.2, -0.15) is 0 Å². The van der Waals surface area contributed by atoms with Gasteiger partial charge in [-0.15, -0.1) is 0 Å². The Bertz CT molecular complexity index is 574. The average molecular weight is 331 g/mol. The van der Waals surface area contributed by atoms with Gasteiger partial charge >= 0.3 is 0 Å². The molecular weight excluding hydrogens is 306 g/mol. The Hall–Kier alpha value is -2.08. The van der Waals surface area contributed by atoms with E-state index in [9.17, 15) is 9.59 Å².